The summed E-state index contributed by atoms with van der Waals surface area (Å²) in [6, 6.07) is 8.14. The van der Waals surface area contributed by atoms with Gasteiger partial charge in [0.1, 0.15) is 11.0 Å². The molecule has 2 rings (SSSR count). The lowest BCUT2D eigenvalue weighted by molar-refractivity contribution is 1.06. The van der Waals surface area contributed by atoms with Crippen molar-refractivity contribution in [2.24, 2.45) is 0 Å². The van der Waals surface area contributed by atoms with E-state index in [1.165, 1.54) is 11.1 Å². The second kappa shape index (κ2) is 4.22. The second-order valence-corrected chi connectivity index (χ2v) is 4.39. The Balaban J connectivity index is 2.57. The maximum atomic E-state index is 5.93. The highest BCUT2D eigenvalue weighted by Crippen LogP contribution is 2.22. The van der Waals surface area contributed by atoms with Crippen molar-refractivity contribution in [3.63, 3.8) is 0 Å². The molecule has 0 spiro atoms. The number of benzene rings is 1. The smallest absolute Gasteiger partial charge is 0.133 e. The van der Waals surface area contributed by atoms with Gasteiger partial charge in [-0.15, -0.1) is 0 Å². The summed E-state index contributed by atoms with van der Waals surface area (Å²) in [7, 11) is 0. The van der Waals surface area contributed by atoms with E-state index in [2.05, 4.69) is 42.0 Å². The van der Waals surface area contributed by atoms with Gasteiger partial charge in [0.15, 0.2) is 0 Å². The van der Waals surface area contributed by atoms with E-state index in [9.17, 15) is 0 Å². The maximum absolute atomic E-state index is 5.93. The topological polar surface area (TPSA) is 25.8 Å². The van der Waals surface area contributed by atoms with E-state index in [0.717, 1.165) is 11.3 Å². The lowest BCUT2D eigenvalue weighted by Gasteiger charge is -2.05. The maximum Gasteiger partial charge on any atom is 0.133 e. The molecule has 0 radical (unpaired) electrons. The zero-order valence-electron chi connectivity index (χ0n) is 9.58. The van der Waals surface area contributed by atoms with Crippen LogP contribution in [-0.4, -0.2) is 9.97 Å². The Labute approximate surface area is 100 Å². The Bertz CT molecular complexity index is 445. The monoisotopic (exact) mass is 232 g/mol. The Morgan fingerprint density at radius 3 is 2.06 bits per heavy atom. The second-order valence-electron chi connectivity index (χ2n) is 4.00. The molecule has 0 atom stereocenters. The molecule has 0 fully saturated rings. The molecule has 0 unspecified atom stereocenters. The van der Waals surface area contributed by atoms with Crippen molar-refractivity contribution in [2.75, 3.05) is 0 Å². The summed E-state index contributed by atoms with van der Waals surface area (Å²) < 4.78 is 0. The summed E-state index contributed by atoms with van der Waals surface area (Å²) in [5.41, 5.74) is 4.42. The van der Waals surface area contributed by atoms with Gasteiger partial charge in [0, 0.05) is 11.6 Å². The van der Waals surface area contributed by atoms with E-state index in [1.54, 1.807) is 6.07 Å². The fourth-order valence-corrected chi connectivity index (χ4v) is 2.03. The molecule has 2 aromatic rings. The Hall–Kier alpha value is -1.41. The van der Waals surface area contributed by atoms with Crippen molar-refractivity contribution in [2.45, 2.75) is 20.8 Å². The van der Waals surface area contributed by atoms with Gasteiger partial charge < -0.3 is 0 Å². The number of nitrogens with zero attached hydrogens (tertiary/aromatic N) is 2. The van der Waals surface area contributed by atoms with Crippen LogP contribution in [0.4, 0.5) is 0 Å². The largest absolute Gasteiger partial charge is 0.233 e. The van der Waals surface area contributed by atoms with E-state index in [0.29, 0.717) is 11.0 Å². The van der Waals surface area contributed by atoms with Crippen LogP contribution in [-0.2, 0) is 0 Å². The molecule has 0 amide bonds. The minimum Gasteiger partial charge on any atom is -0.233 e. The Morgan fingerprint density at radius 1 is 0.875 bits per heavy atom. The van der Waals surface area contributed by atoms with Crippen LogP contribution in [0.5, 0.6) is 0 Å². The highest BCUT2D eigenvalue weighted by molar-refractivity contribution is 6.29. The third-order valence-corrected chi connectivity index (χ3v) is 2.52. The summed E-state index contributed by atoms with van der Waals surface area (Å²) in [6.45, 7) is 6.00. The van der Waals surface area contributed by atoms with Crippen LogP contribution in [0.3, 0.4) is 0 Å². The summed E-state index contributed by atoms with van der Waals surface area (Å²) >= 11 is 5.93. The van der Waals surface area contributed by atoms with Crippen LogP contribution in [0.1, 0.15) is 17.0 Å². The summed E-state index contributed by atoms with van der Waals surface area (Å²) in [5.74, 6) is 0.696. The van der Waals surface area contributed by atoms with Crippen molar-refractivity contribution in [1.82, 2.24) is 9.97 Å². The molecule has 0 N–H and O–H groups in total. The van der Waals surface area contributed by atoms with E-state index in [-0.39, 0.29) is 0 Å². The SMILES string of the molecule is Cc1cc(C)cc(-c2cc(Cl)nc(C)n2)c1. The molecular formula is C13H13ClN2. The quantitative estimate of drug-likeness (QED) is 0.701. The van der Waals surface area contributed by atoms with Crippen LogP contribution in [0.25, 0.3) is 11.3 Å². The molecular weight excluding hydrogens is 220 g/mol. The van der Waals surface area contributed by atoms with Crippen LogP contribution >= 0.6 is 11.6 Å². The summed E-state index contributed by atoms with van der Waals surface area (Å²) in [6.07, 6.45) is 0. The molecule has 1 aromatic heterocycles. The molecule has 3 heteroatoms. The third kappa shape index (κ3) is 2.39. The van der Waals surface area contributed by atoms with Gasteiger partial charge in [0.25, 0.3) is 0 Å². The third-order valence-electron chi connectivity index (χ3n) is 2.32. The van der Waals surface area contributed by atoms with Gasteiger partial charge in [-0.05, 0) is 32.9 Å². The molecule has 0 saturated heterocycles. The molecule has 0 aliphatic rings. The molecule has 0 bridgehead atoms. The Kier molecular flexibility index (Phi) is 2.92. The van der Waals surface area contributed by atoms with Crippen LogP contribution < -0.4 is 0 Å². The molecule has 0 aliphatic heterocycles. The van der Waals surface area contributed by atoms with Crippen LogP contribution in [0.2, 0.25) is 5.15 Å². The predicted octanol–water partition coefficient (Wildman–Crippen LogP) is 3.72. The highest BCUT2D eigenvalue weighted by Gasteiger charge is 2.04. The first-order valence-electron chi connectivity index (χ1n) is 5.14. The van der Waals surface area contributed by atoms with Gasteiger partial charge in [0.2, 0.25) is 0 Å². The van der Waals surface area contributed by atoms with Gasteiger partial charge in [0.05, 0.1) is 5.69 Å². The Morgan fingerprint density at radius 2 is 1.50 bits per heavy atom. The zero-order chi connectivity index (χ0) is 11.7. The van der Waals surface area contributed by atoms with E-state index >= 15 is 0 Å². The number of halogens is 1. The normalized spacial score (nSPS) is 10.5. The lowest BCUT2D eigenvalue weighted by Crippen LogP contribution is -1.92. The minimum absolute atomic E-state index is 0.488. The summed E-state index contributed by atoms with van der Waals surface area (Å²) in [5, 5.41) is 0.488. The number of hydrogen-bond acceptors (Lipinski definition) is 2. The van der Waals surface area contributed by atoms with Gasteiger partial charge >= 0.3 is 0 Å². The van der Waals surface area contributed by atoms with E-state index < -0.39 is 0 Å². The van der Waals surface area contributed by atoms with Crippen molar-refractivity contribution in [3.8, 4) is 11.3 Å². The first-order chi connectivity index (χ1) is 7.54. The van der Waals surface area contributed by atoms with Crippen molar-refractivity contribution in [1.29, 1.82) is 0 Å². The minimum atomic E-state index is 0.488. The standard InChI is InChI=1S/C13H13ClN2/c1-8-4-9(2)6-11(5-8)12-7-13(14)16-10(3)15-12/h4-7H,1-3H3. The summed E-state index contributed by atoms with van der Waals surface area (Å²) in [4.78, 5) is 8.45. The van der Waals surface area contributed by atoms with E-state index in [1.807, 2.05) is 6.92 Å². The molecule has 1 heterocycles. The molecule has 1 aromatic carbocycles. The van der Waals surface area contributed by atoms with Crippen molar-refractivity contribution in [3.05, 3.63) is 46.4 Å². The first kappa shape index (κ1) is 11.1. The number of aryl methyl sites for hydroxylation is 3. The number of hydrogen-bond donors (Lipinski definition) is 0. The van der Waals surface area contributed by atoms with Crippen LogP contribution in [0.15, 0.2) is 24.3 Å². The molecule has 16 heavy (non-hydrogen) atoms. The van der Waals surface area contributed by atoms with Gasteiger partial charge in [-0.3, -0.25) is 0 Å². The first-order valence-corrected chi connectivity index (χ1v) is 5.52. The van der Waals surface area contributed by atoms with Crippen molar-refractivity contribution < 1.29 is 0 Å². The van der Waals surface area contributed by atoms with Gasteiger partial charge in [-0.25, -0.2) is 9.97 Å². The molecule has 2 nitrogen and oxygen atoms in total. The molecule has 0 aliphatic carbocycles. The fraction of sp³-hybridized carbons (Fsp3) is 0.231. The number of aromatic nitrogens is 2. The zero-order valence-corrected chi connectivity index (χ0v) is 10.3. The van der Waals surface area contributed by atoms with Crippen molar-refractivity contribution >= 4 is 11.6 Å². The van der Waals surface area contributed by atoms with E-state index in [4.69, 9.17) is 11.6 Å². The average molecular weight is 233 g/mol. The molecule has 82 valence electrons. The fourth-order valence-electron chi connectivity index (χ4n) is 1.80. The molecule has 0 saturated carbocycles. The lowest BCUT2D eigenvalue weighted by atomic mass is 10.1. The highest BCUT2D eigenvalue weighted by atomic mass is 35.5. The number of rotatable bonds is 1. The van der Waals surface area contributed by atoms with Gasteiger partial charge in [-0.1, -0.05) is 28.8 Å². The average Bonchev–Trinajstić information content (AvgIpc) is 2.14. The van der Waals surface area contributed by atoms with Crippen LogP contribution in [0, 0.1) is 20.8 Å². The predicted molar refractivity (Wildman–Crippen MR) is 66.7 cm³/mol. The van der Waals surface area contributed by atoms with Gasteiger partial charge in [-0.2, -0.15) is 0 Å².